The van der Waals surface area contributed by atoms with Crippen LogP contribution in [0.15, 0.2) is 60.7 Å². The van der Waals surface area contributed by atoms with Crippen LogP contribution in [-0.4, -0.2) is 12.5 Å². The molecule has 2 aromatic rings. The van der Waals surface area contributed by atoms with Crippen molar-refractivity contribution in [1.82, 2.24) is 0 Å². The van der Waals surface area contributed by atoms with Gasteiger partial charge in [-0.2, -0.15) is 0 Å². The largest absolute Gasteiger partial charge is 0.367 e. The van der Waals surface area contributed by atoms with Crippen LogP contribution in [-0.2, 0) is 11.3 Å². The molecule has 2 N–H and O–H groups in total. The Hall–Kier alpha value is -2.55. The number of carbonyl (C=O) groups is 1. The Kier molecular flexibility index (Phi) is 5.16. The van der Waals surface area contributed by atoms with E-state index in [-0.39, 0.29) is 0 Å². The van der Waals surface area contributed by atoms with Crippen molar-refractivity contribution in [2.45, 2.75) is 13.5 Å². The van der Waals surface area contributed by atoms with Crippen LogP contribution in [0, 0.1) is 0 Å². The van der Waals surface area contributed by atoms with Gasteiger partial charge in [-0.25, -0.2) is 0 Å². The van der Waals surface area contributed by atoms with Gasteiger partial charge in [0, 0.05) is 24.9 Å². The maximum Gasteiger partial charge on any atom is 0.241 e. The van der Waals surface area contributed by atoms with Crippen LogP contribution < -0.4 is 10.6 Å². The van der Waals surface area contributed by atoms with Gasteiger partial charge >= 0.3 is 0 Å². The summed E-state index contributed by atoms with van der Waals surface area (Å²) >= 11 is 0. The Morgan fingerprint density at radius 2 is 1.76 bits per heavy atom. The fraction of sp³-hybridized carbons (Fsp3) is 0.167. The van der Waals surface area contributed by atoms with Gasteiger partial charge < -0.3 is 10.6 Å². The zero-order valence-electron chi connectivity index (χ0n) is 12.2. The van der Waals surface area contributed by atoms with Crippen molar-refractivity contribution in [3.8, 4) is 0 Å². The topological polar surface area (TPSA) is 46.3 Å². The first-order valence-electron chi connectivity index (χ1n) is 7.05. The average Bonchev–Trinajstić information content (AvgIpc) is 2.52. The van der Waals surface area contributed by atoms with Gasteiger partial charge in [-0.3, -0.25) is 4.79 Å². The molecule has 0 aliphatic rings. The third-order valence-electron chi connectivity index (χ3n) is 3.30. The molecule has 3 nitrogen and oxygen atoms in total. The quantitative estimate of drug-likeness (QED) is 0.826. The lowest BCUT2D eigenvalue weighted by molar-refractivity contribution is -0.113. The van der Waals surface area contributed by atoms with E-state index in [1.807, 2.05) is 18.2 Å². The van der Waals surface area contributed by atoms with E-state index < -0.39 is 5.91 Å². The van der Waals surface area contributed by atoms with E-state index in [4.69, 9.17) is 5.73 Å². The molecule has 0 heterocycles. The molecule has 0 fully saturated rings. The van der Waals surface area contributed by atoms with E-state index in [9.17, 15) is 4.79 Å². The number of nitrogens with zero attached hydrogens (tertiary/aromatic N) is 1. The molecule has 0 saturated heterocycles. The van der Waals surface area contributed by atoms with Gasteiger partial charge in [-0.15, -0.1) is 0 Å². The molecule has 21 heavy (non-hydrogen) atoms. The standard InChI is InChI=1S/C18H20N2O/c1-2-20(14-16-6-4-3-5-7-16)17-11-8-15(9-12-17)10-13-18(19)21/h3-13H,2,14H2,1H3,(H2,19,21)/b13-10-. The molecule has 2 aromatic carbocycles. The van der Waals surface area contributed by atoms with Crippen molar-refractivity contribution in [3.05, 3.63) is 71.8 Å². The zero-order chi connectivity index (χ0) is 15.1. The number of amides is 1. The summed E-state index contributed by atoms with van der Waals surface area (Å²) in [7, 11) is 0. The van der Waals surface area contributed by atoms with Crippen LogP contribution in [0.4, 0.5) is 5.69 Å². The Bertz CT molecular complexity index is 603. The number of nitrogens with two attached hydrogens (primary N) is 1. The normalized spacial score (nSPS) is 10.7. The van der Waals surface area contributed by atoms with Crippen molar-refractivity contribution in [3.63, 3.8) is 0 Å². The van der Waals surface area contributed by atoms with Crippen LogP contribution >= 0.6 is 0 Å². The fourth-order valence-corrected chi connectivity index (χ4v) is 2.16. The van der Waals surface area contributed by atoms with Crippen LogP contribution in [0.3, 0.4) is 0 Å². The number of hydrogen-bond donors (Lipinski definition) is 1. The summed E-state index contributed by atoms with van der Waals surface area (Å²) in [6, 6.07) is 18.5. The number of primary amides is 1. The number of anilines is 1. The lowest BCUT2D eigenvalue weighted by Crippen LogP contribution is -2.21. The second-order valence-corrected chi connectivity index (χ2v) is 4.83. The highest BCUT2D eigenvalue weighted by atomic mass is 16.1. The maximum atomic E-state index is 10.7. The lowest BCUT2D eigenvalue weighted by Gasteiger charge is -2.23. The highest BCUT2D eigenvalue weighted by molar-refractivity contribution is 5.90. The van der Waals surface area contributed by atoms with E-state index in [0.717, 1.165) is 24.3 Å². The molecule has 0 atom stereocenters. The summed E-state index contributed by atoms with van der Waals surface area (Å²) in [5, 5.41) is 0. The zero-order valence-corrected chi connectivity index (χ0v) is 12.2. The van der Waals surface area contributed by atoms with Gasteiger partial charge in [0.15, 0.2) is 0 Å². The Labute approximate surface area is 125 Å². The SMILES string of the molecule is CCN(Cc1ccccc1)c1ccc(/C=C\C(N)=O)cc1. The lowest BCUT2D eigenvalue weighted by atomic mass is 10.1. The van der Waals surface area contributed by atoms with E-state index in [0.29, 0.717) is 0 Å². The molecule has 0 bridgehead atoms. The molecule has 0 spiro atoms. The summed E-state index contributed by atoms with van der Waals surface area (Å²) in [5.41, 5.74) is 8.51. The summed E-state index contributed by atoms with van der Waals surface area (Å²) < 4.78 is 0. The fourth-order valence-electron chi connectivity index (χ4n) is 2.16. The van der Waals surface area contributed by atoms with E-state index in [2.05, 4.69) is 48.2 Å². The second-order valence-electron chi connectivity index (χ2n) is 4.83. The molecule has 108 valence electrons. The number of benzene rings is 2. The first-order chi connectivity index (χ1) is 10.2. The molecule has 0 aliphatic heterocycles. The second kappa shape index (κ2) is 7.29. The molecule has 3 heteroatoms. The molecular formula is C18H20N2O. The van der Waals surface area contributed by atoms with E-state index in [1.165, 1.54) is 11.6 Å². The first kappa shape index (κ1) is 14.9. The van der Waals surface area contributed by atoms with Gasteiger partial charge in [0.1, 0.15) is 0 Å². The molecule has 0 aliphatic carbocycles. The van der Waals surface area contributed by atoms with Gasteiger partial charge in [-0.05, 0) is 36.3 Å². The van der Waals surface area contributed by atoms with Crippen molar-refractivity contribution in [2.24, 2.45) is 5.73 Å². The summed E-state index contributed by atoms with van der Waals surface area (Å²) in [5.74, 6) is -0.432. The molecule has 2 rings (SSSR count). The predicted molar refractivity (Wildman–Crippen MR) is 87.8 cm³/mol. The number of hydrogen-bond acceptors (Lipinski definition) is 2. The van der Waals surface area contributed by atoms with Crippen molar-refractivity contribution in [2.75, 3.05) is 11.4 Å². The third-order valence-corrected chi connectivity index (χ3v) is 3.30. The van der Waals surface area contributed by atoms with Crippen LogP contribution in [0.5, 0.6) is 0 Å². The Morgan fingerprint density at radius 3 is 2.33 bits per heavy atom. The highest BCUT2D eigenvalue weighted by Gasteiger charge is 2.04. The maximum absolute atomic E-state index is 10.7. The molecule has 0 radical (unpaired) electrons. The van der Waals surface area contributed by atoms with Crippen molar-refractivity contribution in [1.29, 1.82) is 0 Å². The summed E-state index contributed by atoms with van der Waals surface area (Å²) in [6.07, 6.45) is 3.09. The smallest absolute Gasteiger partial charge is 0.241 e. The van der Waals surface area contributed by atoms with Gasteiger partial charge in [0.2, 0.25) is 5.91 Å². The highest BCUT2D eigenvalue weighted by Crippen LogP contribution is 2.18. The van der Waals surface area contributed by atoms with Gasteiger partial charge in [-0.1, -0.05) is 42.5 Å². The molecular weight excluding hydrogens is 260 g/mol. The van der Waals surface area contributed by atoms with E-state index >= 15 is 0 Å². The van der Waals surface area contributed by atoms with E-state index in [1.54, 1.807) is 6.08 Å². The van der Waals surface area contributed by atoms with Crippen molar-refractivity contribution < 1.29 is 4.79 Å². The van der Waals surface area contributed by atoms with Gasteiger partial charge in [0.25, 0.3) is 0 Å². The van der Waals surface area contributed by atoms with Gasteiger partial charge in [0.05, 0.1) is 0 Å². The van der Waals surface area contributed by atoms with Crippen molar-refractivity contribution >= 4 is 17.7 Å². The number of carbonyl (C=O) groups excluding carboxylic acids is 1. The summed E-state index contributed by atoms with van der Waals surface area (Å²) in [4.78, 5) is 13.0. The minimum Gasteiger partial charge on any atom is -0.367 e. The minimum absolute atomic E-state index is 0.432. The molecule has 0 unspecified atom stereocenters. The molecule has 0 aromatic heterocycles. The first-order valence-corrected chi connectivity index (χ1v) is 7.05. The van der Waals surface area contributed by atoms with Crippen LogP contribution in [0.1, 0.15) is 18.1 Å². The predicted octanol–water partition coefficient (Wildman–Crippen LogP) is 3.21. The third kappa shape index (κ3) is 4.49. The van der Waals surface area contributed by atoms with Crippen LogP contribution in [0.25, 0.3) is 6.08 Å². The minimum atomic E-state index is -0.432. The average molecular weight is 280 g/mol. The molecule has 0 saturated carbocycles. The monoisotopic (exact) mass is 280 g/mol. The van der Waals surface area contributed by atoms with Crippen LogP contribution in [0.2, 0.25) is 0 Å². The Morgan fingerprint density at radius 1 is 1.10 bits per heavy atom. The molecule has 1 amide bonds. The summed E-state index contributed by atoms with van der Waals surface area (Å²) in [6.45, 7) is 3.96. The number of rotatable bonds is 6. The Balaban J connectivity index is 2.10.